The van der Waals surface area contributed by atoms with Crippen molar-refractivity contribution in [3.8, 4) is 0 Å². The summed E-state index contributed by atoms with van der Waals surface area (Å²) in [5.74, 6) is -0.505. The molecule has 1 N–H and O–H groups in total. The topological polar surface area (TPSA) is 105 Å². The summed E-state index contributed by atoms with van der Waals surface area (Å²) in [5, 5.41) is 9.81. The molecule has 0 aromatic rings. The number of carbonyl (C=O) groups is 1. The van der Waals surface area contributed by atoms with Gasteiger partial charge in [-0.3, -0.25) is 9.36 Å². The van der Waals surface area contributed by atoms with E-state index in [0.29, 0.717) is 30.3 Å². The number of hydrogen-bond acceptors (Lipinski definition) is 7. The molecular formula is C24H50NO7P. The fourth-order valence-electron chi connectivity index (χ4n) is 2.78. The summed E-state index contributed by atoms with van der Waals surface area (Å²) < 4.78 is 95.1. The van der Waals surface area contributed by atoms with Crippen molar-refractivity contribution in [3.05, 3.63) is 0 Å². The molecule has 0 bridgehead atoms. The van der Waals surface area contributed by atoms with Crippen LogP contribution in [0.15, 0.2) is 0 Å². The Labute approximate surface area is 214 Å². The molecule has 0 aliphatic heterocycles. The van der Waals surface area contributed by atoms with Gasteiger partial charge >= 0.3 is 5.97 Å². The molecule has 0 rings (SSSR count). The Morgan fingerprint density at radius 3 is 2.12 bits per heavy atom. The first-order valence-corrected chi connectivity index (χ1v) is 13.2. The zero-order valence-electron chi connectivity index (χ0n) is 29.5. The van der Waals surface area contributed by atoms with Gasteiger partial charge in [-0.1, -0.05) is 83.8 Å². The van der Waals surface area contributed by atoms with Crippen molar-refractivity contribution >= 4 is 13.8 Å². The molecule has 8 nitrogen and oxygen atoms in total. The fraction of sp³-hybridized carbons (Fsp3) is 0.958. The van der Waals surface area contributed by atoms with Crippen LogP contribution >= 0.6 is 7.82 Å². The number of carbonyl (C=O) groups excluding carboxylic acids is 1. The Bertz CT molecular complexity index is 840. The van der Waals surface area contributed by atoms with Gasteiger partial charge in [0.15, 0.2) is 0 Å². The van der Waals surface area contributed by atoms with Gasteiger partial charge in [0.2, 0.25) is 0 Å². The summed E-state index contributed by atoms with van der Waals surface area (Å²) in [7, 11) is 1.07. The first kappa shape index (κ1) is 19.7. The number of quaternary nitrogens is 1. The maximum Gasteiger partial charge on any atom is 0.305 e. The Kier molecular flexibility index (Phi) is 11.8. The van der Waals surface area contributed by atoms with Crippen LogP contribution < -0.4 is 4.89 Å². The van der Waals surface area contributed by atoms with Crippen LogP contribution in [0.1, 0.15) is 109 Å². The van der Waals surface area contributed by atoms with Gasteiger partial charge in [0, 0.05) is 18.8 Å². The standard InChI is InChI=1S/C24H50NO7P/c1-5-6-7-8-9-10-11-12-13-14-15-16-17-18-24(27)30-21-23(26)22-32-33(28,29)31-20-19-25(2,3)4/h23,26H,5-22H2,1-4H3/t23-/m1/s1/i1D3,5D2,6D2,7D2. The molecule has 0 spiro atoms. The molecule has 0 heterocycles. The minimum Gasteiger partial charge on any atom is -0.756 e. The fourth-order valence-corrected chi connectivity index (χ4v) is 3.51. The van der Waals surface area contributed by atoms with Crippen LogP contribution in [0.2, 0.25) is 0 Å². The number of ether oxygens (including phenoxy) is 1. The van der Waals surface area contributed by atoms with E-state index in [1.165, 1.54) is 0 Å². The lowest BCUT2D eigenvalue weighted by Gasteiger charge is -2.27. The zero-order valence-corrected chi connectivity index (χ0v) is 21.4. The molecule has 0 amide bonds. The average molecular weight is 505 g/mol. The third kappa shape index (κ3) is 24.4. The molecule has 0 aromatic carbocycles. The normalized spacial score (nSPS) is 20.5. The third-order valence-corrected chi connectivity index (χ3v) is 5.67. The van der Waals surface area contributed by atoms with Gasteiger partial charge in [0.05, 0.1) is 27.7 Å². The molecular weight excluding hydrogens is 445 g/mol. The summed E-state index contributed by atoms with van der Waals surface area (Å²) >= 11 is 0. The number of rotatable bonds is 23. The van der Waals surface area contributed by atoms with Crippen LogP contribution in [-0.4, -0.2) is 69.2 Å². The second-order valence-electron chi connectivity index (χ2n) is 9.04. The number of unbranched alkanes of at least 4 members (excludes halogenated alkanes) is 8. The van der Waals surface area contributed by atoms with Crippen molar-refractivity contribution in [2.24, 2.45) is 0 Å². The summed E-state index contributed by atoms with van der Waals surface area (Å²) in [5.41, 5.74) is 0. The molecule has 0 saturated heterocycles. The van der Waals surface area contributed by atoms with E-state index in [2.05, 4.69) is 4.52 Å². The number of esters is 1. The second kappa shape index (κ2) is 19.8. The Hall–Kier alpha value is -0.500. The summed E-state index contributed by atoms with van der Waals surface area (Å²) in [6, 6.07) is 0. The van der Waals surface area contributed by atoms with Gasteiger partial charge < -0.3 is 28.3 Å². The maximum atomic E-state index is 11.8. The molecule has 0 saturated carbocycles. The molecule has 0 aliphatic carbocycles. The van der Waals surface area contributed by atoms with Gasteiger partial charge in [-0.15, -0.1) is 0 Å². The Balaban J connectivity index is 3.93. The summed E-state index contributed by atoms with van der Waals surface area (Å²) in [6.45, 7) is -3.87. The molecule has 198 valence electrons. The van der Waals surface area contributed by atoms with Crippen LogP contribution in [0.25, 0.3) is 0 Å². The largest absolute Gasteiger partial charge is 0.756 e. The minimum atomic E-state index is -4.56. The van der Waals surface area contributed by atoms with Crippen molar-refractivity contribution in [3.63, 3.8) is 0 Å². The van der Waals surface area contributed by atoms with E-state index in [0.717, 1.165) is 38.5 Å². The van der Waals surface area contributed by atoms with E-state index < -0.39 is 59.1 Å². The smallest absolute Gasteiger partial charge is 0.305 e. The highest BCUT2D eigenvalue weighted by atomic mass is 31.2. The second-order valence-corrected chi connectivity index (χ2v) is 10.4. The number of phosphoric ester groups is 1. The Morgan fingerprint density at radius 1 is 0.970 bits per heavy atom. The maximum absolute atomic E-state index is 11.8. The molecule has 0 aromatic heterocycles. The number of nitrogens with zero attached hydrogens (tertiary/aromatic N) is 1. The quantitative estimate of drug-likeness (QED) is 0.0940. The van der Waals surface area contributed by atoms with Crippen molar-refractivity contribution < 1.29 is 50.0 Å². The summed E-state index contributed by atoms with van der Waals surface area (Å²) in [6.07, 6.45) is -3.80. The molecule has 0 fully saturated rings. The first-order valence-electron chi connectivity index (χ1n) is 16.2. The SMILES string of the molecule is [2H]C([2H])([2H])C([2H])([2H])C([2H])([2H])C([2H])([2H])CCCCCCCCCCCC(=O)OC[C@@H](O)COP(=O)([O-])OCC[N+](C)(C)C. The van der Waals surface area contributed by atoms with Crippen molar-refractivity contribution in [2.75, 3.05) is 47.5 Å². The van der Waals surface area contributed by atoms with Crippen molar-refractivity contribution in [2.45, 2.75) is 103 Å². The third-order valence-electron chi connectivity index (χ3n) is 4.71. The average Bonchev–Trinajstić information content (AvgIpc) is 2.82. The monoisotopic (exact) mass is 504 g/mol. The van der Waals surface area contributed by atoms with Gasteiger partial charge in [-0.25, -0.2) is 0 Å². The van der Waals surface area contributed by atoms with Crippen LogP contribution in [0.4, 0.5) is 0 Å². The predicted molar refractivity (Wildman–Crippen MR) is 130 cm³/mol. The van der Waals surface area contributed by atoms with Gasteiger partial charge in [-0.2, -0.15) is 0 Å². The van der Waals surface area contributed by atoms with E-state index in [9.17, 15) is 19.4 Å². The van der Waals surface area contributed by atoms with Crippen LogP contribution in [0.3, 0.4) is 0 Å². The lowest BCUT2D eigenvalue weighted by Crippen LogP contribution is -2.37. The highest BCUT2D eigenvalue weighted by Crippen LogP contribution is 2.38. The van der Waals surface area contributed by atoms with E-state index in [1.807, 2.05) is 21.1 Å². The number of aliphatic hydroxyl groups excluding tert-OH is 1. The number of aliphatic hydroxyl groups is 1. The van der Waals surface area contributed by atoms with Crippen LogP contribution in [0, 0.1) is 0 Å². The van der Waals surface area contributed by atoms with Crippen LogP contribution in [-0.2, 0) is 23.1 Å². The summed E-state index contributed by atoms with van der Waals surface area (Å²) in [4.78, 5) is 23.5. The number of hydrogen-bond donors (Lipinski definition) is 1. The van der Waals surface area contributed by atoms with E-state index in [4.69, 9.17) is 21.6 Å². The van der Waals surface area contributed by atoms with E-state index >= 15 is 0 Å². The predicted octanol–water partition coefficient (Wildman–Crippen LogP) is 4.58. The number of phosphoric acid groups is 1. The van der Waals surface area contributed by atoms with Gasteiger partial charge in [0.25, 0.3) is 7.82 Å². The molecule has 2 atom stereocenters. The van der Waals surface area contributed by atoms with Crippen molar-refractivity contribution in [1.82, 2.24) is 0 Å². The zero-order chi connectivity index (χ0) is 32.9. The van der Waals surface area contributed by atoms with Gasteiger partial charge in [0.1, 0.15) is 25.9 Å². The molecule has 0 aliphatic rings. The van der Waals surface area contributed by atoms with Gasteiger partial charge in [-0.05, 0) is 6.42 Å². The number of likely N-dealkylation sites (N-methyl/N-ethyl adjacent to an activating group) is 1. The highest BCUT2D eigenvalue weighted by molar-refractivity contribution is 7.45. The lowest BCUT2D eigenvalue weighted by molar-refractivity contribution is -0.870. The van der Waals surface area contributed by atoms with Crippen LogP contribution in [0.5, 0.6) is 0 Å². The van der Waals surface area contributed by atoms with E-state index in [1.54, 1.807) is 0 Å². The highest BCUT2D eigenvalue weighted by Gasteiger charge is 2.16. The Morgan fingerprint density at radius 2 is 1.55 bits per heavy atom. The lowest BCUT2D eigenvalue weighted by atomic mass is 10.0. The molecule has 0 radical (unpaired) electrons. The molecule has 9 heteroatoms. The minimum absolute atomic E-state index is 0.0593. The molecule has 33 heavy (non-hydrogen) atoms. The first-order chi connectivity index (χ1) is 19.0. The molecule has 1 unspecified atom stereocenters. The van der Waals surface area contributed by atoms with Crippen molar-refractivity contribution in [1.29, 1.82) is 0 Å². The van der Waals surface area contributed by atoms with E-state index in [-0.39, 0.29) is 19.4 Å².